The van der Waals surface area contributed by atoms with E-state index in [1.54, 1.807) is 0 Å². The lowest BCUT2D eigenvalue weighted by atomic mass is 10.0. The molecule has 0 aromatic rings. The summed E-state index contributed by atoms with van der Waals surface area (Å²) in [6.45, 7) is 4.13. The minimum atomic E-state index is -0.774. The van der Waals surface area contributed by atoms with E-state index in [-0.39, 0.29) is 25.2 Å². The Balaban J connectivity index is 3.47. The fourth-order valence-corrected chi connectivity index (χ4v) is 6.76. The summed E-state index contributed by atoms with van der Waals surface area (Å²) in [6, 6.07) is 0. The normalized spacial score (nSPS) is 12.3. The summed E-state index contributed by atoms with van der Waals surface area (Å²) in [6.07, 6.45) is 52.6. The van der Waals surface area contributed by atoms with Crippen molar-refractivity contribution in [1.82, 2.24) is 0 Å². The Hall–Kier alpha value is -1.62. The highest BCUT2D eigenvalue weighted by Crippen LogP contribution is 2.16. The molecule has 0 saturated heterocycles. The van der Waals surface area contributed by atoms with Gasteiger partial charge in [0.2, 0.25) is 0 Å². The van der Waals surface area contributed by atoms with E-state index in [1.165, 1.54) is 167 Å². The summed E-state index contributed by atoms with van der Waals surface area (Å²) in [5.74, 6) is -0.595. The number of carbonyl (C=O) groups excluding carboxylic acids is 2. The van der Waals surface area contributed by atoms with Gasteiger partial charge in [0.1, 0.15) is 6.61 Å². The molecule has 0 heterocycles. The lowest BCUT2D eigenvalue weighted by Gasteiger charge is -2.15. The Morgan fingerprint density at radius 1 is 0.442 bits per heavy atom. The second kappa shape index (κ2) is 43.8. The number of aliphatic hydroxyl groups is 1. The molecule has 1 atom stereocenters. The van der Waals surface area contributed by atoms with Crippen LogP contribution in [0.4, 0.5) is 0 Å². The quantitative estimate of drug-likeness (QED) is 0.0384. The van der Waals surface area contributed by atoms with Crippen LogP contribution in [0.1, 0.15) is 245 Å². The molecular weight excluding hydrogens is 645 g/mol. The van der Waals surface area contributed by atoms with Gasteiger partial charge < -0.3 is 14.6 Å². The Kier molecular flexibility index (Phi) is 42.4. The molecule has 0 unspecified atom stereocenters. The molecule has 0 bridgehead atoms. The van der Waals surface area contributed by atoms with Crippen LogP contribution in [0.15, 0.2) is 24.3 Å². The van der Waals surface area contributed by atoms with Crippen molar-refractivity contribution in [2.45, 2.75) is 251 Å². The molecule has 0 aliphatic heterocycles. The number of aliphatic hydroxyl groups excluding tert-OH is 1. The van der Waals surface area contributed by atoms with Gasteiger partial charge in [-0.25, -0.2) is 0 Å². The molecule has 0 fully saturated rings. The van der Waals surface area contributed by atoms with Crippen LogP contribution in [-0.2, 0) is 19.1 Å². The maximum Gasteiger partial charge on any atom is 0.306 e. The van der Waals surface area contributed by atoms with Crippen molar-refractivity contribution in [1.29, 1.82) is 0 Å². The van der Waals surface area contributed by atoms with E-state index in [0.29, 0.717) is 12.8 Å². The minimum absolute atomic E-state index is 0.0669. The molecule has 0 rings (SSSR count). The predicted molar refractivity (Wildman–Crippen MR) is 224 cm³/mol. The molecule has 0 saturated carbocycles. The number of allylic oxidation sites excluding steroid dienone is 4. The van der Waals surface area contributed by atoms with Crippen LogP contribution in [0.5, 0.6) is 0 Å². The van der Waals surface area contributed by atoms with Gasteiger partial charge in [-0.3, -0.25) is 9.59 Å². The van der Waals surface area contributed by atoms with E-state index >= 15 is 0 Å². The van der Waals surface area contributed by atoms with Crippen molar-refractivity contribution in [2.24, 2.45) is 0 Å². The Labute approximate surface area is 323 Å². The smallest absolute Gasteiger partial charge is 0.306 e. The molecule has 0 aromatic heterocycles. The van der Waals surface area contributed by atoms with Crippen LogP contribution in [0.2, 0.25) is 0 Å². The number of esters is 2. The standard InChI is InChI=1S/C47H88O5/c1-3-5-7-9-11-13-15-17-19-20-21-22-23-24-25-26-28-29-31-33-35-37-39-41-46(49)51-44-45(43-48)52-47(50)42-40-38-36-34-32-30-27-18-16-14-12-10-8-6-4-2/h12,14,18,27,45,48H,3-11,13,15-17,19-26,28-44H2,1-2H3/b14-12+,27-18+/t45-/m0/s1. The topological polar surface area (TPSA) is 72.8 Å². The number of unbranched alkanes of at least 4 members (excludes halogenated alkanes) is 30. The molecular formula is C47H88O5. The maximum atomic E-state index is 12.2. The highest BCUT2D eigenvalue weighted by atomic mass is 16.6. The lowest BCUT2D eigenvalue weighted by molar-refractivity contribution is -0.161. The molecule has 0 aliphatic rings. The number of rotatable bonds is 42. The van der Waals surface area contributed by atoms with Crippen molar-refractivity contribution < 1.29 is 24.2 Å². The largest absolute Gasteiger partial charge is 0.462 e. The van der Waals surface area contributed by atoms with Gasteiger partial charge in [-0.05, 0) is 44.9 Å². The molecule has 306 valence electrons. The van der Waals surface area contributed by atoms with Crippen LogP contribution in [-0.4, -0.2) is 36.4 Å². The monoisotopic (exact) mass is 733 g/mol. The van der Waals surface area contributed by atoms with Gasteiger partial charge in [-0.15, -0.1) is 0 Å². The van der Waals surface area contributed by atoms with E-state index in [4.69, 9.17) is 9.47 Å². The van der Waals surface area contributed by atoms with Gasteiger partial charge in [0.15, 0.2) is 6.10 Å². The van der Waals surface area contributed by atoms with Crippen molar-refractivity contribution in [3.63, 3.8) is 0 Å². The third-order valence-corrected chi connectivity index (χ3v) is 10.2. The Bertz CT molecular complexity index is 791. The summed E-state index contributed by atoms with van der Waals surface area (Å²) in [7, 11) is 0. The average molecular weight is 733 g/mol. The summed E-state index contributed by atoms with van der Waals surface area (Å²) >= 11 is 0. The number of hydrogen-bond acceptors (Lipinski definition) is 5. The lowest BCUT2D eigenvalue weighted by Crippen LogP contribution is -2.28. The van der Waals surface area contributed by atoms with Crippen LogP contribution in [0, 0.1) is 0 Å². The first-order chi connectivity index (χ1) is 25.6. The highest BCUT2D eigenvalue weighted by molar-refractivity contribution is 5.70. The summed E-state index contributed by atoms with van der Waals surface area (Å²) < 4.78 is 10.6. The molecule has 5 nitrogen and oxygen atoms in total. The molecule has 0 spiro atoms. The van der Waals surface area contributed by atoms with Crippen LogP contribution < -0.4 is 0 Å². The number of ether oxygens (including phenoxy) is 2. The predicted octanol–water partition coefficient (Wildman–Crippen LogP) is 14.6. The van der Waals surface area contributed by atoms with Crippen LogP contribution in [0.3, 0.4) is 0 Å². The summed E-state index contributed by atoms with van der Waals surface area (Å²) in [5, 5.41) is 9.58. The van der Waals surface area contributed by atoms with Crippen molar-refractivity contribution >= 4 is 11.9 Å². The first-order valence-corrected chi connectivity index (χ1v) is 22.9. The molecule has 0 amide bonds. The van der Waals surface area contributed by atoms with Gasteiger partial charge in [0, 0.05) is 12.8 Å². The first kappa shape index (κ1) is 50.4. The molecule has 0 aliphatic carbocycles. The molecule has 0 aromatic carbocycles. The van der Waals surface area contributed by atoms with E-state index in [1.807, 2.05) is 0 Å². The van der Waals surface area contributed by atoms with Gasteiger partial charge >= 0.3 is 11.9 Å². The van der Waals surface area contributed by atoms with Gasteiger partial charge in [0.05, 0.1) is 6.61 Å². The van der Waals surface area contributed by atoms with Crippen LogP contribution >= 0.6 is 0 Å². The van der Waals surface area contributed by atoms with Crippen molar-refractivity contribution in [2.75, 3.05) is 13.2 Å². The molecule has 0 radical (unpaired) electrons. The van der Waals surface area contributed by atoms with E-state index in [9.17, 15) is 14.7 Å². The van der Waals surface area contributed by atoms with Gasteiger partial charge in [0.25, 0.3) is 0 Å². The number of hydrogen-bond donors (Lipinski definition) is 1. The molecule has 52 heavy (non-hydrogen) atoms. The highest BCUT2D eigenvalue weighted by Gasteiger charge is 2.16. The van der Waals surface area contributed by atoms with Crippen molar-refractivity contribution in [3.05, 3.63) is 24.3 Å². The zero-order valence-electron chi connectivity index (χ0n) is 34.8. The number of carbonyl (C=O) groups is 2. The van der Waals surface area contributed by atoms with E-state index in [2.05, 4.69) is 38.2 Å². The first-order valence-electron chi connectivity index (χ1n) is 22.9. The fraction of sp³-hybridized carbons (Fsp3) is 0.872. The third-order valence-electron chi connectivity index (χ3n) is 10.2. The molecule has 5 heteroatoms. The zero-order chi connectivity index (χ0) is 37.8. The third kappa shape index (κ3) is 41.1. The maximum absolute atomic E-state index is 12.2. The average Bonchev–Trinajstić information content (AvgIpc) is 3.15. The Morgan fingerprint density at radius 2 is 0.769 bits per heavy atom. The fourth-order valence-electron chi connectivity index (χ4n) is 6.76. The minimum Gasteiger partial charge on any atom is -0.462 e. The SMILES string of the molecule is CCCCC/C=C/C/C=C/CCCCCCCC(=O)O[C@@H](CO)COC(=O)CCCCCCCCCCCCCCCCCCCCCCCCC. The van der Waals surface area contributed by atoms with Gasteiger partial charge in [-0.2, -0.15) is 0 Å². The second-order valence-electron chi connectivity index (χ2n) is 15.5. The molecule has 1 N–H and O–H groups in total. The second-order valence-corrected chi connectivity index (χ2v) is 15.5. The van der Waals surface area contributed by atoms with Gasteiger partial charge in [-0.1, -0.05) is 212 Å². The van der Waals surface area contributed by atoms with E-state index < -0.39 is 6.10 Å². The zero-order valence-corrected chi connectivity index (χ0v) is 34.8. The Morgan fingerprint density at radius 3 is 1.17 bits per heavy atom. The van der Waals surface area contributed by atoms with E-state index in [0.717, 1.165) is 51.4 Å². The summed E-state index contributed by atoms with van der Waals surface area (Å²) in [5.41, 5.74) is 0. The van der Waals surface area contributed by atoms with Crippen molar-refractivity contribution in [3.8, 4) is 0 Å². The van der Waals surface area contributed by atoms with Crippen LogP contribution in [0.25, 0.3) is 0 Å². The summed E-state index contributed by atoms with van der Waals surface area (Å²) in [4.78, 5) is 24.3.